The largest absolute Gasteiger partial charge is 0.478 e. The molecule has 0 radical (unpaired) electrons. The van der Waals surface area contributed by atoms with Crippen LogP contribution in [0.3, 0.4) is 0 Å². The highest BCUT2D eigenvalue weighted by Gasteiger charge is 2.22. The second-order valence-electron chi connectivity index (χ2n) is 5.61. The molecule has 2 N–H and O–H groups in total. The summed E-state index contributed by atoms with van der Waals surface area (Å²) in [7, 11) is 0. The molecule has 0 aliphatic rings. The predicted molar refractivity (Wildman–Crippen MR) is 112 cm³/mol. The number of fused-ring (bicyclic) bond motifs is 1. The summed E-state index contributed by atoms with van der Waals surface area (Å²) in [5.41, 5.74) is 1.87. The minimum absolute atomic E-state index is 0.0804. The lowest BCUT2D eigenvalue weighted by Crippen LogP contribution is -2.13. The van der Waals surface area contributed by atoms with Gasteiger partial charge in [-0.3, -0.25) is 4.79 Å². The first-order valence-electron chi connectivity index (χ1n) is 7.80. The SMILES string of the molecule is O=C(Nc1csc(-c2ccc(Br)cc2)c1C(=O)O)c1nc2ccccc2s1. The predicted octanol–water partition coefficient (Wildman–Crippen LogP) is 5.74. The van der Waals surface area contributed by atoms with Gasteiger partial charge in [-0.15, -0.1) is 22.7 Å². The van der Waals surface area contributed by atoms with Crippen LogP contribution in [-0.2, 0) is 0 Å². The maximum Gasteiger partial charge on any atom is 0.339 e. The number of nitrogens with zero attached hydrogens (tertiary/aromatic N) is 1. The van der Waals surface area contributed by atoms with E-state index in [-0.39, 0.29) is 11.3 Å². The number of benzene rings is 2. The molecule has 0 saturated carbocycles. The molecule has 2 heterocycles. The highest BCUT2D eigenvalue weighted by Crippen LogP contribution is 2.37. The van der Waals surface area contributed by atoms with Crippen molar-refractivity contribution in [1.29, 1.82) is 0 Å². The zero-order valence-electron chi connectivity index (χ0n) is 13.6. The lowest BCUT2D eigenvalue weighted by molar-refractivity contribution is 0.0699. The van der Waals surface area contributed by atoms with Gasteiger partial charge in [0.25, 0.3) is 5.91 Å². The normalized spacial score (nSPS) is 10.9. The monoisotopic (exact) mass is 458 g/mol. The van der Waals surface area contributed by atoms with Gasteiger partial charge < -0.3 is 10.4 Å². The van der Waals surface area contributed by atoms with E-state index in [4.69, 9.17) is 0 Å². The number of rotatable bonds is 4. The Labute approximate surface area is 170 Å². The highest BCUT2D eigenvalue weighted by atomic mass is 79.9. The van der Waals surface area contributed by atoms with Crippen LogP contribution < -0.4 is 5.32 Å². The Kier molecular flexibility index (Phi) is 4.77. The highest BCUT2D eigenvalue weighted by molar-refractivity contribution is 9.10. The quantitative estimate of drug-likeness (QED) is 0.408. The van der Waals surface area contributed by atoms with E-state index in [1.807, 2.05) is 48.5 Å². The van der Waals surface area contributed by atoms with Crippen molar-refractivity contribution in [2.75, 3.05) is 5.32 Å². The summed E-state index contributed by atoms with van der Waals surface area (Å²) < 4.78 is 1.81. The number of carbonyl (C=O) groups is 2. The molecule has 0 fully saturated rings. The molecule has 8 heteroatoms. The molecule has 0 spiro atoms. The zero-order valence-corrected chi connectivity index (χ0v) is 16.8. The first-order chi connectivity index (χ1) is 13.0. The molecule has 5 nitrogen and oxygen atoms in total. The number of halogens is 1. The van der Waals surface area contributed by atoms with Gasteiger partial charge in [-0.2, -0.15) is 0 Å². The first-order valence-corrected chi connectivity index (χ1v) is 10.3. The number of para-hydroxylation sites is 1. The second kappa shape index (κ2) is 7.22. The Morgan fingerprint density at radius 1 is 1.07 bits per heavy atom. The summed E-state index contributed by atoms with van der Waals surface area (Å²) in [6, 6.07) is 14.8. The zero-order chi connectivity index (χ0) is 19.0. The van der Waals surface area contributed by atoms with Crippen LogP contribution >= 0.6 is 38.6 Å². The fraction of sp³-hybridized carbons (Fsp3) is 0. The van der Waals surface area contributed by atoms with Gasteiger partial charge in [0.15, 0.2) is 5.01 Å². The number of nitrogens with one attached hydrogen (secondary N) is 1. The smallest absolute Gasteiger partial charge is 0.339 e. The van der Waals surface area contributed by atoms with Gasteiger partial charge >= 0.3 is 5.97 Å². The molecule has 0 atom stereocenters. The van der Waals surface area contributed by atoms with Crippen molar-refractivity contribution in [2.24, 2.45) is 0 Å². The number of anilines is 1. The van der Waals surface area contributed by atoms with Gasteiger partial charge in [-0.05, 0) is 29.8 Å². The van der Waals surface area contributed by atoms with E-state index in [1.54, 1.807) is 5.38 Å². The van der Waals surface area contributed by atoms with E-state index in [0.29, 0.717) is 9.88 Å². The van der Waals surface area contributed by atoms with Crippen molar-refractivity contribution >= 4 is 66.4 Å². The van der Waals surface area contributed by atoms with Crippen LogP contribution in [0.15, 0.2) is 58.4 Å². The van der Waals surface area contributed by atoms with Crippen molar-refractivity contribution in [3.63, 3.8) is 0 Å². The first kappa shape index (κ1) is 17.8. The molecule has 134 valence electrons. The minimum Gasteiger partial charge on any atom is -0.478 e. The van der Waals surface area contributed by atoms with E-state index in [1.165, 1.54) is 22.7 Å². The van der Waals surface area contributed by atoms with E-state index >= 15 is 0 Å². The molecule has 4 rings (SSSR count). The Hall–Kier alpha value is -2.55. The van der Waals surface area contributed by atoms with E-state index in [9.17, 15) is 14.7 Å². The Bertz CT molecular complexity index is 1130. The second-order valence-corrected chi connectivity index (χ2v) is 8.43. The topological polar surface area (TPSA) is 79.3 Å². The number of aromatic carboxylic acids is 1. The van der Waals surface area contributed by atoms with Crippen molar-refractivity contribution in [1.82, 2.24) is 4.98 Å². The average Bonchev–Trinajstić information content (AvgIpc) is 3.26. The molecule has 2 aromatic heterocycles. The van der Waals surface area contributed by atoms with E-state index < -0.39 is 11.9 Å². The maximum absolute atomic E-state index is 12.6. The third-order valence-corrected chi connectivity index (χ3v) is 6.44. The van der Waals surface area contributed by atoms with Crippen LogP contribution in [0.1, 0.15) is 20.2 Å². The van der Waals surface area contributed by atoms with Crippen molar-refractivity contribution in [2.45, 2.75) is 0 Å². The number of thiazole rings is 1. The average molecular weight is 459 g/mol. The molecular weight excluding hydrogens is 448 g/mol. The summed E-state index contributed by atoms with van der Waals surface area (Å²) >= 11 is 5.92. The molecule has 1 amide bonds. The summed E-state index contributed by atoms with van der Waals surface area (Å²) in [6.45, 7) is 0. The molecule has 0 saturated heterocycles. The van der Waals surface area contributed by atoms with E-state index in [2.05, 4.69) is 26.2 Å². The lowest BCUT2D eigenvalue weighted by Gasteiger charge is -2.05. The number of carboxylic acids is 1. The number of thiophene rings is 1. The minimum atomic E-state index is -1.09. The van der Waals surface area contributed by atoms with Gasteiger partial charge in [-0.1, -0.05) is 40.2 Å². The molecule has 27 heavy (non-hydrogen) atoms. The fourth-order valence-electron chi connectivity index (χ4n) is 2.62. The van der Waals surface area contributed by atoms with Gasteiger partial charge in [0.1, 0.15) is 5.56 Å². The summed E-state index contributed by atoms with van der Waals surface area (Å²) in [4.78, 5) is 29.3. The van der Waals surface area contributed by atoms with Crippen LogP contribution in [0.25, 0.3) is 20.7 Å². The fourth-order valence-corrected chi connectivity index (χ4v) is 4.75. The third kappa shape index (κ3) is 3.51. The number of carboxylic acid groups (broad SMARTS) is 1. The van der Waals surface area contributed by atoms with Crippen LogP contribution in [-0.4, -0.2) is 22.0 Å². The van der Waals surface area contributed by atoms with Crippen molar-refractivity contribution in [3.05, 3.63) is 69.0 Å². The molecule has 0 aliphatic heterocycles. The molecule has 2 aromatic carbocycles. The molecular formula is C19H11BrN2O3S2. The van der Waals surface area contributed by atoms with Gasteiger partial charge in [0.2, 0.25) is 0 Å². The molecule has 4 aromatic rings. The summed E-state index contributed by atoms with van der Waals surface area (Å²) in [5.74, 6) is -1.51. The van der Waals surface area contributed by atoms with E-state index in [0.717, 1.165) is 20.3 Å². The van der Waals surface area contributed by atoms with Crippen molar-refractivity contribution in [3.8, 4) is 10.4 Å². The standard InChI is InChI=1S/C19H11BrN2O3S2/c20-11-7-5-10(6-8-11)16-15(19(24)25)13(9-26-16)21-17(23)18-22-12-3-1-2-4-14(12)27-18/h1-9H,(H,21,23)(H,24,25). The molecule has 0 aliphatic carbocycles. The number of hydrogen-bond acceptors (Lipinski definition) is 5. The third-order valence-electron chi connectivity index (χ3n) is 3.85. The molecule has 0 bridgehead atoms. The van der Waals surface area contributed by atoms with Crippen molar-refractivity contribution < 1.29 is 14.7 Å². The Balaban J connectivity index is 1.68. The molecule has 0 unspecified atom stereocenters. The van der Waals surface area contributed by atoms with Crippen LogP contribution in [0.2, 0.25) is 0 Å². The lowest BCUT2D eigenvalue weighted by atomic mass is 10.1. The summed E-state index contributed by atoms with van der Waals surface area (Å²) in [6.07, 6.45) is 0. The van der Waals surface area contributed by atoms with Crippen LogP contribution in [0.4, 0.5) is 5.69 Å². The number of amides is 1. The number of carbonyl (C=O) groups excluding carboxylic acids is 1. The van der Waals surface area contributed by atoms with Gasteiger partial charge in [0, 0.05) is 9.85 Å². The summed E-state index contributed by atoms with van der Waals surface area (Å²) in [5, 5.41) is 14.3. The Morgan fingerprint density at radius 2 is 1.81 bits per heavy atom. The van der Waals surface area contributed by atoms with Gasteiger partial charge in [0.05, 0.1) is 20.8 Å². The number of aromatic nitrogens is 1. The van der Waals surface area contributed by atoms with Crippen LogP contribution in [0.5, 0.6) is 0 Å². The number of hydrogen-bond donors (Lipinski definition) is 2. The Morgan fingerprint density at radius 3 is 2.52 bits per heavy atom. The maximum atomic E-state index is 12.6. The van der Waals surface area contributed by atoms with Crippen LogP contribution in [0, 0.1) is 0 Å². The van der Waals surface area contributed by atoms with Gasteiger partial charge in [-0.25, -0.2) is 9.78 Å².